The van der Waals surface area contributed by atoms with Gasteiger partial charge in [-0.1, -0.05) is 43.7 Å². The number of allylic oxidation sites excluding steroid dienone is 2. The summed E-state index contributed by atoms with van der Waals surface area (Å²) < 4.78 is 0. The predicted molar refractivity (Wildman–Crippen MR) is 58.9 cm³/mol. The standard InChI is InChI=1S/C8H12ClN.C2H6/c1-4-5-10-8(9)6-7(2)3;1-2/h4-5H,2,6H2,1,3H3;1-2H3/b5-4-,10-8?;. The van der Waals surface area contributed by atoms with Gasteiger partial charge in [-0.25, -0.2) is 4.99 Å². The second-order valence-electron chi connectivity index (χ2n) is 2.12. The van der Waals surface area contributed by atoms with Crippen molar-refractivity contribution in [2.45, 2.75) is 34.1 Å². The summed E-state index contributed by atoms with van der Waals surface area (Å²) >= 11 is 5.69. The molecule has 12 heavy (non-hydrogen) atoms. The molecule has 0 aromatic rings. The molecule has 0 aliphatic carbocycles. The summed E-state index contributed by atoms with van der Waals surface area (Å²) in [6.45, 7) is 11.5. The van der Waals surface area contributed by atoms with Crippen molar-refractivity contribution in [3.8, 4) is 0 Å². The van der Waals surface area contributed by atoms with E-state index >= 15 is 0 Å². The van der Waals surface area contributed by atoms with E-state index < -0.39 is 0 Å². The lowest BCUT2D eigenvalue weighted by Crippen LogP contribution is -1.85. The fourth-order valence-corrected chi connectivity index (χ4v) is 0.735. The number of halogens is 1. The second kappa shape index (κ2) is 10.4. The van der Waals surface area contributed by atoms with Gasteiger partial charge in [0.2, 0.25) is 0 Å². The molecule has 0 radical (unpaired) electrons. The minimum absolute atomic E-state index is 0.589. The number of hydrogen-bond acceptors (Lipinski definition) is 1. The Balaban J connectivity index is 0. The maximum Gasteiger partial charge on any atom is 0.110 e. The van der Waals surface area contributed by atoms with E-state index in [1.165, 1.54) is 0 Å². The Kier molecular flexibility index (Phi) is 12.2. The van der Waals surface area contributed by atoms with Crippen molar-refractivity contribution in [2.24, 2.45) is 4.99 Å². The first-order valence-electron chi connectivity index (χ1n) is 4.14. The van der Waals surface area contributed by atoms with Gasteiger partial charge in [0.1, 0.15) is 5.17 Å². The molecule has 70 valence electrons. The van der Waals surface area contributed by atoms with Crippen molar-refractivity contribution in [3.63, 3.8) is 0 Å². The minimum Gasteiger partial charge on any atom is -0.249 e. The van der Waals surface area contributed by atoms with Crippen molar-refractivity contribution in [1.82, 2.24) is 0 Å². The van der Waals surface area contributed by atoms with E-state index in [0.29, 0.717) is 11.6 Å². The predicted octanol–water partition coefficient (Wildman–Crippen LogP) is 4.15. The Hall–Kier alpha value is -0.560. The van der Waals surface area contributed by atoms with E-state index in [-0.39, 0.29) is 0 Å². The van der Waals surface area contributed by atoms with Crippen LogP contribution in [0, 0.1) is 0 Å². The molecule has 0 aromatic carbocycles. The molecule has 0 atom stereocenters. The quantitative estimate of drug-likeness (QED) is 0.465. The molecule has 0 saturated carbocycles. The molecule has 0 unspecified atom stereocenters. The average molecular weight is 188 g/mol. The maximum atomic E-state index is 5.69. The van der Waals surface area contributed by atoms with E-state index in [1.54, 1.807) is 6.20 Å². The highest BCUT2D eigenvalue weighted by molar-refractivity contribution is 6.65. The largest absolute Gasteiger partial charge is 0.249 e. The first-order chi connectivity index (χ1) is 5.66. The van der Waals surface area contributed by atoms with E-state index in [4.69, 9.17) is 11.6 Å². The van der Waals surface area contributed by atoms with Gasteiger partial charge in [-0.05, 0) is 13.8 Å². The van der Waals surface area contributed by atoms with Gasteiger partial charge in [0.25, 0.3) is 0 Å². The molecular formula is C10H18ClN. The topological polar surface area (TPSA) is 12.4 Å². The van der Waals surface area contributed by atoms with Crippen molar-refractivity contribution < 1.29 is 0 Å². The van der Waals surface area contributed by atoms with Gasteiger partial charge >= 0.3 is 0 Å². The van der Waals surface area contributed by atoms with Gasteiger partial charge in [0.15, 0.2) is 0 Å². The summed E-state index contributed by atoms with van der Waals surface area (Å²) in [5.41, 5.74) is 1.03. The van der Waals surface area contributed by atoms with Gasteiger partial charge in [-0.15, -0.1) is 0 Å². The van der Waals surface area contributed by atoms with E-state index in [1.807, 2.05) is 33.8 Å². The molecule has 0 N–H and O–H groups in total. The van der Waals surface area contributed by atoms with Crippen LogP contribution in [0.2, 0.25) is 0 Å². The number of nitrogens with zero attached hydrogens (tertiary/aromatic N) is 1. The second-order valence-corrected chi connectivity index (χ2v) is 2.56. The van der Waals surface area contributed by atoms with Gasteiger partial charge in [0.05, 0.1) is 0 Å². The van der Waals surface area contributed by atoms with Crippen LogP contribution >= 0.6 is 11.6 Å². The molecule has 0 spiro atoms. The molecule has 0 saturated heterocycles. The van der Waals surface area contributed by atoms with Crippen LogP contribution in [0.3, 0.4) is 0 Å². The lowest BCUT2D eigenvalue weighted by Gasteiger charge is -1.92. The summed E-state index contributed by atoms with van der Waals surface area (Å²) in [5, 5.41) is 0.589. The smallest absolute Gasteiger partial charge is 0.110 e. The van der Waals surface area contributed by atoms with Crippen LogP contribution in [0.5, 0.6) is 0 Å². The monoisotopic (exact) mass is 187 g/mol. The van der Waals surface area contributed by atoms with Crippen LogP contribution in [0.4, 0.5) is 0 Å². The number of aliphatic imine (C=N–C) groups is 1. The third kappa shape index (κ3) is 12.1. The lowest BCUT2D eigenvalue weighted by molar-refractivity contribution is 1.29. The SMILES string of the molecule is C=C(C)CC(Cl)=N/C=C\C.CC. The Labute approximate surface area is 80.8 Å². The van der Waals surface area contributed by atoms with E-state index in [2.05, 4.69) is 11.6 Å². The van der Waals surface area contributed by atoms with Gasteiger partial charge in [0, 0.05) is 12.6 Å². The molecule has 0 aromatic heterocycles. The highest BCUT2D eigenvalue weighted by Crippen LogP contribution is 2.01. The Bertz CT molecular complexity index is 169. The average Bonchev–Trinajstić information content (AvgIpc) is 2.03. The Morgan fingerprint density at radius 1 is 1.50 bits per heavy atom. The number of hydrogen-bond donors (Lipinski definition) is 0. The minimum atomic E-state index is 0.589. The maximum absolute atomic E-state index is 5.69. The van der Waals surface area contributed by atoms with Crippen LogP contribution in [0.15, 0.2) is 29.4 Å². The molecule has 0 fully saturated rings. The van der Waals surface area contributed by atoms with Crippen molar-refractivity contribution in [1.29, 1.82) is 0 Å². The number of rotatable bonds is 3. The third-order valence-corrected chi connectivity index (χ3v) is 1.04. The summed E-state index contributed by atoms with van der Waals surface area (Å²) in [5.74, 6) is 0. The molecular weight excluding hydrogens is 170 g/mol. The van der Waals surface area contributed by atoms with Gasteiger partial charge in [-0.3, -0.25) is 0 Å². The zero-order chi connectivity index (χ0) is 9.98. The van der Waals surface area contributed by atoms with Gasteiger partial charge < -0.3 is 0 Å². The molecule has 0 aliphatic rings. The first-order valence-corrected chi connectivity index (χ1v) is 4.52. The summed E-state index contributed by atoms with van der Waals surface area (Å²) in [7, 11) is 0. The molecule has 0 rings (SSSR count). The fourth-order valence-electron chi connectivity index (χ4n) is 0.450. The normalized spacial score (nSPS) is 10.9. The highest BCUT2D eigenvalue weighted by atomic mass is 35.5. The summed E-state index contributed by atoms with van der Waals surface area (Å²) in [6, 6.07) is 0. The fraction of sp³-hybridized carbons (Fsp3) is 0.500. The van der Waals surface area contributed by atoms with Crippen LogP contribution in [-0.4, -0.2) is 5.17 Å². The van der Waals surface area contributed by atoms with Crippen LogP contribution in [0.1, 0.15) is 34.1 Å². The highest BCUT2D eigenvalue weighted by Gasteiger charge is 1.91. The van der Waals surface area contributed by atoms with Gasteiger partial charge in [-0.2, -0.15) is 0 Å². The lowest BCUT2D eigenvalue weighted by atomic mass is 10.3. The Morgan fingerprint density at radius 3 is 2.33 bits per heavy atom. The molecule has 0 bridgehead atoms. The van der Waals surface area contributed by atoms with Crippen LogP contribution < -0.4 is 0 Å². The van der Waals surface area contributed by atoms with Crippen LogP contribution in [0.25, 0.3) is 0 Å². The first kappa shape index (κ1) is 14.0. The Morgan fingerprint density at radius 2 is 2.00 bits per heavy atom. The van der Waals surface area contributed by atoms with E-state index in [0.717, 1.165) is 5.57 Å². The molecule has 0 aliphatic heterocycles. The third-order valence-electron chi connectivity index (χ3n) is 0.811. The van der Waals surface area contributed by atoms with E-state index in [9.17, 15) is 0 Å². The summed E-state index contributed by atoms with van der Waals surface area (Å²) in [4.78, 5) is 3.92. The molecule has 0 heterocycles. The van der Waals surface area contributed by atoms with Crippen molar-refractivity contribution in [3.05, 3.63) is 24.4 Å². The molecule has 2 heteroatoms. The zero-order valence-electron chi connectivity index (χ0n) is 8.39. The summed E-state index contributed by atoms with van der Waals surface area (Å²) in [6.07, 6.45) is 4.18. The zero-order valence-corrected chi connectivity index (χ0v) is 9.15. The van der Waals surface area contributed by atoms with Crippen molar-refractivity contribution >= 4 is 16.8 Å². The molecule has 1 nitrogen and oxygen atoms in total. The van der Waals surface area contributed by atoms with Crippen molar-refractivity contribution in [2.75, 3.05) is 0 Å². The van der Waals surface area contributed by atoms with Crippen LogP contribution in [-0.2, 0) is 0 Å². The molecule has 0 amide bonds.